The highest BCUT2D eigenvalue weighted by atomic mass is 16.5. The number of benzene rings is 1. The van der Waals surface area contributed by atoms with Crippen LogP contribution in [0.4, 0.5) is 5.69 Å². The Morgan fingerprint density at radius 2 is 1.95 bits per heavy atom. The second kappa shape index (κ2) is 7.78. The van der Waals surface area contributed by atoms with E-state index in [9.17, 15) is 19.2 Å². The molecule has 0 aliphatic heterocycles. The third kappa shape index (κ3) is 4.72. The molecule has 0 bridgehead atoms. The largest absolute Gasteiger partial charge is 0.467 e. The van der Waals surface area contributed by atoms with E-state index in [2.05, 4.69) is 15.4 Å². The first-order chi connectivity index (χ1) is 9.99. The molecule has 0 saturated carbocycles. The van der Waals surface area contributed by atoms with E-state index in [1.807, 2.05) is 0 Å². The lowest BCUT2D eigenvalue weighted by atomic mass is 10.0. The topological polar surface area (TPSA) is 102 Å². The first-order valence-electron chi connectivity index (χ1n) is 6.17. The summed E-state index contributed by atoms with van der Waals surface area (Å²) in [4.78, 5) is 45.4. The predicted molar refractivity (Wildman–Crippen MR) is 74.7 cm³/mol. The Balaban J connectivity index is 2.93. The van der Waals surface area contributed by atoms with Gasteiger partial charge in [-0.15, -0.1) is 0 Å². The molecule has 1 aromatic rings. The average molecular weight is 292 g/mol. The van der Waals surface area contributed by atoms with Crippen molar-refractivity contribution in [3.8, 4) is 0 Å². The summed E-state index contributed by atoms with van der Waals surface area (Å²) in [5.41, 5.74) is 0.591. The number of ether oxygens (including phenoxy) is 1. The van der Waals surface area contributed by atoms with Gasteiger partial charge in [0.25, 0.3) is 0 Å². The second-order valence-corrected chi connectivity index (χ2v) is 4.21. The van der Waals surface area contributed by atoms with E-state index in [0.717, 1.165) is 0 Å². The monoisotopic (exact) mass is 292 g/mol. The first kappa shape index (κ1) is 16.4. The highest BCUT2D eigenvalue weighted by Crippen LogP contribution is 2.17. The number of Topliss-reactive ketones (excluding diaryl/α,β-unsaturated/α-hetero) is 1. The fourth-order valence-corrected chi connectivity index (χ4v) is 1.79. The molecule has 2 amide bonds. The van der Waals surface area contributed by atoms with Crippen molar-refractivity contribution in [3.05, 3.63) is 29.8 Å². The van der Waals surface area contributed by atoms with Crippen molar-refractivity contribution in [3.63, 3.8) is 0 Å². The molecule has 2 N–H and O–H groups in total. The van der Waals surface area contributed by atoms with Gasteiger partial charge in [0.2, 0.25) is 12.3 Å². The van der Waals surface area contributed by atoms with Crippen LogP contribution < -0.4 is 10.6 Å². The zero-order valence-electron chi connectivity index (χ0n) is 11.7. The van der Waals surface area contributed by atoms with Gasteiger partial charge in [0.15, 0.2) is 5.78 Å². The molecule has 0 aliphatic rings. The van der Waals surface area contributed by atoms with Crippen LogP contribution >= 0.6 is 0 Å². The summed E-state index contributed by atoms with van der Waals surface area (Å²) in [7, 11) is 1.17. The summed E-state index contributed by atoms with van der Waals surface area (Å²) in [6, 6.07) is 5.32. The van der Waals surface area contributed by atoms with Crippen LogP contribution in [0.3, 0.4) is 0 Å². The third-order valence-corrected chi connectivity index (χ3v) is 2.69. The summed E-state index contributed by atoms with van der Waals surface area (Å²) >= 11 is 0. The van der Waals surface area contributed by atoms with Gasteiger partial charge in [0, 0.05) is 18.9 Å². The number of hydrogen-bond acceptors (Lipinski definition) is 5. The van der Waals surface area contributed by atoms with Gasteiger partial charge in [0.1, 0.15) is 6.04 Å². The van der Waals surface area contributed by atoms with Gasteiger partial charge in [-0.25, -0.2) is 4.79 Å². The maximum atomic E-state index is 12.2. The summed E-state index contributed by atoms with van der Waals surface area (Å²) in [5, 5.41) is 4.77. The Labute approximate surface area is 121 Å². The molecule has 7 heteroatoms. The van der Waals surface area contributed by atoms with Crippen molar-refractivity contribution in [1.82, 2.24) is 5.32 Å². The molecule has 0 saturated heterocycles. The van der Waals surface area contributed by atoms with E-state index in [-0.39, 0.29) is 12.0 Å². The van der Waals surface area contributed by atoms with Crippen LogP contribution in [0.5, 0.6) is 0 Å². The van der Waals surface area contributed by atoms with Crippen LogP contribution in [0.15, 0.2) is 24.3 Å². The van der Waals surface area contributed by atoms with Crippen molar-refractivity contribution in [2.45, 2.75) is 19.4 Å². The Morgan fingerprint density at radius 1 is 1.29 bits per heavy atom. The van der Waals surface area contributed by atoms with Crippen molar-refractivity contribution < 1.29 is 23.9 Å². The van der Waals surface area contributed by atoms with E-state index in [1.54, 1.807) is 18.2 Å². The molecule has 0 spiro atoms. The number of esters is 1. The van der Waals surface area contributed by atoms with Crippen LogP contribution in [-0.2, 0) is 19.1 Å². The Bertz CT molecular complexity index is 556. The molecule has 0 aromatic heterocycles. The summed E-state index contributed by atoms with van der Waals surface area (Å²) in [6.07, 6.45) is 0.196. The number of rotatable bonds is 7. The van der Waals surface area contributed by atoms with E-state index >= 15 is 0 Å². The van der Waals surface area contributed by atoms with Gasteiger partial charge in [-0.1, -0.05) is 12.1 Å². The van der Waals surface area contributed by atoms with Crippen LogP contribution in [0.2, 0.25) is 0 Å². The second-order valence-electron chi connectivity index (χ2n) is 4.21. The van der Waals surface area contributed by atoms with Gasteiger partial charge in [-0.05, 0) is 12.1 Å². The molecule has 0 radical (unpaired) electrons. The number of carbonyl (C=O) groups excluding carboxylic acids is 4. The number of carbonyl (C=O) groups is 4. The van der Waals surface area contributed by atoms with E-state index in [4.69, 9.17) is 0 Å². The van der Waals surface area contributed by atoms with Crippen molar-refractivity contribution in [1.29, 1.82) is 0 Å². The molecule has 0 unspecified atom stereocenters. The Hall–Kier alpha value is -2.70. The zero-order valence-corrected chi connectivity index (χ0v) is 11.7. The molecule has 1 atom stereocenters. The Morgan fingerprint density at radius 3 is 2.52 bits per heavy atom. The molecule has 112 valence electrons. The SMILES string of the molecule is COC(=O)[C@H](CC(=O)c1ccccc1NC=O)NC(C)=O. The minimum Gasteiger partial charge on any atom is -0.467 e. The number of para-hydroxylation sites is 1. The number of methoxy groups -OCH3 is 1. The van der Waals surface area contributed by atoms with Gasteiger partial charge < -0.3 is 15.4 Å². The number of amides is 2. The van der Waals surface area contributed by atoms with Gasteiger partial charge in [-0.2, -0.15) is 0 Å². The van der Waals surface area contributed by atoms with Crippen LogP contribution in [0.1, 0.15) is 23.7 Å². The number of ketones is 1. The molecule has 0 fully saturated rings. The third-order valence-electron chi connectivity index (χ3n) is 2.69. The zero-order chi connectivity index (χ0) is 15.8. The number of hydrogen-bond donors (Lipinski definition) is 2. The summed E-state index contributed by atoms with van der Waals surface area (Å²) in [6.45, 7) is 1.24. The number of anilines is 1. The smallest absolute Gasteiger partial charge is 0.328 e. The maximum Gasteiger partial charge on any atom is 0.328 e. The standard InChI is InChI=1S/C14H16N2O5/c1-9(18)16-12(14(20)21-2)7-13(19)10-5-3-4-6-11(10)15-8-17/h3-6,8,12H,7H2,1-2H3,(H,15,17)(H,16,18)/t12-/m0/s1. The lowest BCUT2D eigenvalue weighted by molar-refractivity contribution is -0.144. The lowest BCUT2D eigenvalue weighted by Gasteiger charge is -2.15. The summed E-state index contributed by atoms with van der Waals surface area (Å²) < 4.78 is 4.55. The molecule has 7 nitrogen and oxygen atoms in total. The fraction of sp³-hybridized carbons (Fsp3) is 0.286. The summed E-state index contributed by atoms with van der Waals surface area (Å²) in [5.74, 6) is -1.55. The highest BCUT2D eigenvalue weighted by Gasteiger charge is 2.25. The average Bonchev–Trinajstić information content (AvgIpc) is 2.46. The van der Waals surface area contributed by atoms with Crippen molar-refractivity contribution in [2.75, 3.05) is 12.4 Å². The van der Waals surface area contributed by atoms with Gasteiger partial charge in [-0.3, -0.25) is 14.4 Å². The van der Waals surface area contributed by atoms with Crippen LogP contribution in [-0.4, -0.2) is 37.2 Å². The molecule has 0 aliphatic carbocycles. The van der Waals surface area contributed by atoms with Crippen molar-refractivity contribution in [2.24, 2.45) is 0 Å². The van der Waals surface area contributed by atoms with Crippen molar-refractivity contribution >= 4 is 29.8 Å². The molecule has 1 aromatic carbocycles. The van der Waals surface area contributed by atoms with Crippen LogP contribution in [0, 0.1) is 0 Å². The van der Waals surface area contributed by atoms with Crippen LogP contribution in [0.25, 0.3) is 0 Å². The van der Waals surface area contributed by atoms with E-state index in [0.29, 0.717) is 12.1 Å². The normalized spacial score (nSPS) is 11.1. The predicted octanol–water partition coefficient (Wildman–Crippen LogP) is 0.505. The number of nitrogens with one attached hydrogen (secondary N) is 2. The Kier molecular flexibility index (Phi) is 6.06. The molecular weight excluding hydrogens is 276 g/mol. The minimum atomic E-state index is -1.07. The minimum absolute atomic E-state index is 0.254. The molecule has 0 heterocycles. The molecular formula is C14H16N2O5. The molecule has 21 heavy (non-hydrogen) atoms. The van der Waals surface area contributed by atoms with Gasteiger partial charge >= 0.3 is 5.97 Å². The highest BCUT2D eigenvalue weighted by molar-refractivity contribution is 6.04. The van der Waals surface area contributed by atoms with E-state index in [1.165, 1.54) is 20.1 Å². The molecule has 1 rings (SSSR count). The maximum absolute atomic E-state index is 12.2. The first-order valence-corrected chi connectivity index (χ1v) is 6.17. The quantitative estimate of drug-likeness (QED) is 0.433. The van der Waals surface area contributed by atoms with Gasteiger partial charge in [0.05, 0.1) is 12.8 Å². The fourth-order valence-electron chi connectivity index (χ4n) is 1.79. The van der Waals surface area contributed by atoms with E-state index < -0.39 is 23.7 Å². The lowest BCUT2D eigenvalue weighted by Crippen LogP contribution is -2.41.